The topological polar surface area (TPSA) is 48.0 Å². The molecule has 0 atom stereocenters. The maximum Gasteiger partial charge on any atom is 0.314 e. The van der Waals surface area contributed by atoms with E-state index in [2.05, 4.69) is 5.10 Å². The Hall–Kier alpha value is -1.84. The van der Waals surface area contributed by atoms with Gasteiger partial charge in [0.25, 0.3) is 0 Å². The molecule has 4 nitrogen and oxygen atoms in total. The zero-order chi connectivity index (χ0) is 10.1. The van der Waals surface area contributed by atoms with Crippen molar-refractivity contribution in [1.82, 2.24) is 9.78 Å². The highest BCUT2D eigenvalue weighted by atomic mass is 16.3. The number of hydrogen-bond donors (Lipinski definition) is 0. The van der Waals surface area contributed by atoms with E-state index in [4.69, 9.17) is 4.42 Å². The van der Waals surface area contributed by atoms with Crippen LogP contribution in [0.1, 0.15) is 21.9 Å². The van der Waals surface area contributed by atoms with Crippen LogP contribution in [0.25, 0.3) is 0 Å². The van der Waals surface area contributed by atoms with Gasteiger partial charge in [-0.3, -0.25) is 4.79 Å². The first-order chi connectivity index (χ1) is 6.68. The highest BCUT2D eigenvalue weighted by molar-refractivity contribution is 5.93. The second-order valence-electron chi connectivity index (χ2n) is 3.12. The Bertz CT molecular complexity index is 454. The van der Waals surface area contributed by atoms with Crippen LogP contribution in [-0.4, -0.2) is 15.7 Å². The van der Waals surface area contributed by atoms with Crippen molar-refractivity contribution in [2.24, 2.45) is 0 Å². The minimum Gasteiger partial charge on any atom is -0.459 e. The van der Waals surface area contributed by atoms with Gasteiger partial charge in [0.05, 0.1) is 12.0 Å². The number of hydrogen-bond acceptors (Lipinski definition) is 3. The fourth-order valence-electron chi connectivity index (χ4n) is 1.34. The number of aryl methyl sites for hydroxylation is 2. The smallest absolute Gasteiger partial charge is 0.314 e. The summed E-state index contributed by atoms with van der Waals surface area (Å²) in [6.07, 6.45) is 1.47. The van der Waals surface area contributed by atoms with Gasteiger partial charge in [0.15, 0.2) is 5.76 Å². The molecule has 2 heterocycles. The van der Waals surface area contributed by atoms with Gasteiger partial charge in [0, 0.05) is 5.69 Å². The van der Waals surface area contributed by atoms with Crippen LogP contribution < -0.4 is 0 Å². The first-order valence-corrected chi connectivity index (χ1v) is 4.30. The first kappa shape index (κ1) is 8.74. The minimum absolute atomic E-state index is 0.236. The molecule has 0 aromatic carbocycles. The Labute approximate surface area is 81.1 Å². The van der Waals surface area contributed by atoms with Gasteiger partial charge < -0.3 is 4.42 Å². The van der Waals surface area contributed by atoms with E-state index >= 15 is 0 Å². The fraction of sp³-hybridized carbons (Fsp3) is 0.200. The Morgan fingerprint density at radius 2 is 2.29 bits per heavy atom. The van der Waals surface area contributed by atoms with Crippen molar-refractivity contribution in [2.75, 3.05) is 0 Å². The SMILES string of the molecule is Cc1cc(C)n(C(=O)c2ccco2)n1. The molecule has 0 saturated heterocycles. The summed E-state index contributed by atoms with van der Waals surface area (Å²) in [5, 5.41) is 4.07. The number of nitrogens with zero attached hydrogens (tertiary/aromatic N) is 2. The zero-order valence-electron chi connectivity index (χ0n) is 8.02. The van der Waals surface area contributed by atoms with Crippen molar-refractivity contribution in [3.63, 3.8) is 0 Å². The van der Waals surface area contributed by atoms with Crippen molar-refractivity contribution in [1.29, 1.82) is 0 Å². The van der Waals surface area contributed by atoms with E-state index in [9.17, 15) is 4.79 Å². The maximum atomic E-state index is 11.7. The van der Waals surface area contributed by atoms with E-state index in [0.29, 0.717) is 5.76 Å². The molecule has 72 valence electrons. The summed E-state index contributed by atoms with van der Waals surface area (Å²) in [5.41, 5.74) is 1.63. The number of rotatable bonds is 1. The molecule has 0 aliphatic carbocycles. The molecule has 4 heteroatoms. The predicted octanol–water partition coefficient (Wildman–Crippen LogP) is 1.78. The molecule has 0 amide bonds. The van der Waals surface area contributed by atoms with Crippen LogP contribution in [0, 0.1) is 13.8 Å². The van der Waals surface area contributed by atoms with Gasteiger partial charge >= 0.3 is 5.91 Å². The molecule has 0 bridgehead atoms. The molecule has 2 aromatic rings. The second-order valence-corrected chi connectivity index (χ2v) is 3.12. The molecule has 0 aliphatic rings. The van der Waals surface area contributed by atoms with Crippen LogP contribution in [-0.2, 0) is 0 Å². The van der Waals surface area contributed by atoms with Gasteiger partial charge in [0.2, 0.25) is 0 Å². The molecule has 2 rings (SSSR count). The molecule has 0 aliphatic heterocycles. The van der Waals surface area contributed by atoms with E-state index < -0.39 is 0 Å². The highest BCUT2D eigenvalue weighted by Crippen LogP contribution is 2.07. The summed E-state index contributed by atoms with van der Waals surface area (Å²) in [7, 11) is 0. The maximum absolute atomic E-state index is 11.7. The summed E-state index contributed by atoms with van der Waals surface area (Å²) in [6.45, 7) is 3.68. The Morgan fingerprint density at radius 1 is 1.50 bits per heavy atom. The van der Waals surface area contributed by atoms with Gasteiger partial charge in [-0.05, 0) is 32.0 Å². The first-order valence-electron chi connectivity index (χ1n) is 4.30. The molecular weight excluding hydrogens is 180 g/mol. The normalized spacial score (nSPS) is 10.4. The summed E-state index contributed by atoms with van der Waals surface area (Å²) in [6, 6.07) is 5.15. The summed E-state index contributed by atoms with van der Waals surface area (Å²) in [4.78, 5) is 11.7. The molecule has 0 spiro atoms. The van der Waals surface area contributed by atoms with Crippen molar-refractivity contribution in [2.45, 2.75) is 13.8 Å². The molecular formula is C10H10N2O2. The van der Waals surface area contributed by atoms with Crippen molar-refractivity contribution in [3.8, 4) is 0 Å². The third kappa shape index (κ3) is 1.35. The van der Waals surface area contributed by atoms with Gasteiger partial charge in [0.1, 0.15) is 0 Å². The van der Waals surface area contributed by atoms with E-state index in [1.165, 1.54) is 10.9 Å². The summed E-state index contributed by atoms with van der Waals surface area (Å²) in [5.74, 6) is 0.0665. The lowest BCUT2D eigenvalue weighted by molar-refractivity contribution is 0.0914. The monoisotopic (exact) mass is 190 g/mol. The number of carbonyl (C=O) groups is 1. The average Bonchev–Trinajstić information content (AvgIpc) is 2.73. The third-order valence-electron chi connectivity index (χ3n) is 1.93. The lowest BCUT2D eigenvalue weighted by atomic mass is 10.4. The van der Waals surface area contributed by atoms with Crippen LogP contribution >= 0.6 is 0 Å². The number of carbonyl (C=O) groups excluding carboxylic acids is 1. The summed E-state index contributed by atoms with van der Waals surface area (Å²) >= 11 is 0. The lowest BCUT2D eigenvalue weighted by Crippen LogP contribution is -2.14. The zero-order valence-corrected chi connectivity index (χ0v) is 8.02. The van der Waals surface area contributed by atoms with Crippen LogP contribution in [0.2, 0.25) is 0 Å². The fourth-order valence-corrected chi connectivity index (χ4v) is 1.34. The Kier molecular flexibility index (Phi) is 1.96. The molecule has 0 N–H and O–H groups in total. The van der Waals surface area contributed by atoms with E-state index in [1.54, 1.807) is 12.1 Å². The molecule has 0 saturated carbocycles. The van der Waals surface area contributed by atoms with Crippen molar-refractivity contribution in [3.05, 3.63) is 41.6 Å². The minimum atomic E-state index is -0.236. The molecule has 0 fully saturated rings. The highest BCUT2D eigenvalue weighted by Gasteiger charge is 2.14. The van der Waals surface area contributed by atoms with Crippen molar-refractivity contribution >= 4 is 5.91 Å². The summed E-state index contributed by atoms with van der Waals surface area (Å²) < 4.78 is 6.35. The quantitative estimate of drug-likeness (QED) is 0.688. The van der Waals surface area contributed by atoms with Crippen LogP contribution in [0.5, 0.6) is 0 Å². The van der Waals surface area contributed by atoms with Gasteiger partial charge in [-0.15, -0.1) is 0 Å². The Balaban J connectivity index is 2.41. The van der Waals surface area contributed by atoms with E-state index in [-0.39, 0.29) is 5.91 Å². The largest absolute Gasteiger partial charge is 0.459 e. The Morgan fingerprint density at radius 3 is 2.79 bits per heavy atom. The van der Waals surface area contributed by atoms with E-state index in [0.717, 1.165) is 11.4 Å². The molecule has 0 radical (unpaired) electrons. The van der Waals surface area contributed by atoms with Gasteiger partial charge in [-0.25, -0.2) is 0 Å². The molecule has 2 aromatic heterocycles. The van der Waals surface area contributed by atoms with Crippen LogP contribution in [0.3, 0.4) is 0 Å². The molecule has 14 heavy (non-hydrogen) atoms. The standard InChI is InChI=1S/C10H10N2O2/c1-7-6-8(2)12(11-7)10(13)9-4-3-5-14-9/h3-6H,1-2H3. The van der Waals surface area contributed by atoms with Crippen LogP contribution in [0.15, 0.2) is 28.9 Å². The van der Waals surface area contributed by atoms with E-state index in [1.807, 2.05) is 19.9 Å². The lowest BCUT2D eigenvalue weighted by Gasteiger charge is -1.98. The number of aromatic nitrogens is 2. The number of furan rings is 1. The molecule has 0 unspecified atom stereocenters. The average molecular weight is 190 g/mol. The van der Waals surface area contributed by atoms with Gasteiger partial charge in [-0.1, -0.05) is 0 Å². The second kappa shape index (κ2) is 3.14. The third-order valence-corrected chi connectivity index (χ3v) is 1.93. The van der Waals surface area contributed by atoms with Gasteiger partial charge in [-0.2, -0.15) is 9.78 Å². The van der Waals surface area contributed by atoms with Crippen molar-refractivity contribution < 1.29 is 9.21 Å². The predicted molar refractivity (Wildman–Crippen MR) is 50.1 cm³/mol. The van der Waals surface area contributed by atoms with Crippen LogP contribution in [0.4, 0.5) is 0 Å².